The summed E-state index contributed by atoms with van der Waals surface area (Å²) in [5.74, 6) is -0.858. The fourth-order valence-electron chi connectivity index (χ4n) is 8.37. The van der Waals surface area contributed by atoms with Crippen LogP contribution in [0.25, 0.3) is 32.2 Å². The van der Waals surface area contributed by atoms with Gasteiger partial charge in [-0.05, 0) is 50.4 Å². The summed E-state index contributed by atoms with van der Waals surface area (Å²) in [4.78, 5) is 36.9. The summed E-state index contributed by atoms with van der Waals surface area (Å²) >= 11 is 7.81. The van der Waals surface area contributed by atoms with E-state index in [0.29, 0.717) is 37.3 Å². The van der Waals surface area contributed by atoms with Gasteiger partial charge in [-0.15, -0.1) is 0 Å². The minimum atomic E-state index is -0.946. The first-order chi connectivity index (χ1) is 23.7. The third kappa shape index (κ3) is 4.89. The summed E-state index contributed by atoms with van der Waals surface area (Å²) in [6, 6.07) is 3.66. The number of nitrogens with two attached hydrogens (primary N) is 1. The van der Waals surface area contributed by atoms with Crippen LogP contribution in [0.4, 0.5) is 28.9 Å². The highest BCUT2D eigenvalue weighted by molar-refractivity contribution is 7.22. The van der Waals surface area contributed by atoms with Crippen molar-refractivity contribution in [3.63, 3.8) is 0 Å². The maximum Gasteiger partial charge on any atom is 0.346 e. The highest BCUT2D eigenvalue weighted by Crippen LogP contribution is 2.45. The second-order valence-corrected chi connectivity index (χ2v) is 14.7. The third-order valence-corrected chi connectivity index (χ3v) is 11.7. The minimum absolute atomic E-state index is 0.00000926. The number of nitrogen functional groups attached to an aromatic ring is 1. The molecular formula is C32H30ClF3N10O2S. The van der Waals surface area contributed by atoms with Crippen molar-refractivity contribution in [2.24, 2.45) is 0 Å². The largest absolute Gasteiger partial charge is 0.461 e. The average molecular weight is 711 g/mol. The van der Waals surface area contributed by atoms with Gasteiger partial charge in [-0.1, -0.05) is 22.9 Å². The lowest BCUT2D eigenvalue weighted by Gasteiger charge is -2.41. The van der Waals surface area contributed by atoms with E-state index in [2.05, 4.69) is 25.0 Å². The van der Waals surface area contributed by atoms with Gasteiger partial charge < -0.3 is 20.3 Å². The summed E-state index contributed by atoms with van der Waals surface area (Å²) in [6.07, 6.45) is 5.37. The second kappa shape index (κ2) is 11.4. The van der Waals surface area contributed by atoms with Gasteiger partial charge in [0.15, 0.2) is 10.9 Å². The lowest BCUT2D eigenvalue weighted by molar-refractivity contribution is 0.107. The van der Waals surface area contributed by atoms with Gasteiger partial charge in [0.2, 0.25) is 0 Å². The number of hydrogen-bond donors (Lipinski definition) is 1. The van der Waals surface area contributed by atoms with Crippen LogP contribution in [0.3, 0.4) is 0 Å². The van der Waals surface area contributed by atoms with Crippen LogP contribution in [0.2, 0.25) is 5.02 Å². The molecule has 0 saturated carbocycles. The standard InChI is InChI=1S/C32H30ClF3N10O2S/c33-21-8-20-25(24(36)23(21)19-4-5-22(35)27-26(19)40-29(37)49-27)41-30(48-13-32-6-1-7-44(32)10-16(34)9-32)42-28(20)43-11-17-2-3-18(12-43)46(17)31(47)45-15-38-14-39-45/h4-5,8,14-18H,1-3,6-7,9-13H2,(H2,37,40)/t16-,17?,18?,32+/m1/s1. The van der Waals surface area contributed by atoms with Crippen molar-refractivity contribution in [3.8, 4) is 17.1 Å². The van der Waals surface area contributed by atoms with E-state index >= 15 is 4.39 Å². The number of nitrogens with zero attached hydrogens (tertiary/aromatic N) is 9. The molecule has 0 spiro atoms. The number of alkyl halides is 1. The van der Waals surface area contributed by atoms with E-state index in [4.69, 9.17) is 27.1 Å². The van der Waals surface area contributed by atoms with Crippen molar-refractivity contribution in [2.75, 3.05) is 43.4 Å². The van der Waals surface area contributed by atoms with Crippen molar-refractivity contribution in [3.05, 3.63) is 47.5 Å². The van der Waals surface area contributed by atoms with Crippen LogP contribution < -0.4 is 15.4 Å². The summed E-state index contributed by atoms with van der Waals surface area (Å²) in [5, 5.41) is 4.58. The van der Waals surface area contributed by atoms with Gasteiger partial charge in [-0.3, -0.25) is 4.90 Å². The molecule has 1 amide bonds. The first kappa shape index (κ1) is 30.8. The van der Waals surface area contributed by atoms with Gasteiger partial charge in [0.1, 0.15) is 42.6 Å². The number of aromatic nitrogens is 6. The predicted molar refractivity (Wildman–Crippen MR) is 178 cm³/mol. The van der Waals surface area contributed by atoms with Crippen LogP contribution in [0, 0.1) is 11.6 Å². The number of hydrogen-bond acceptors (Lipinski definition) is 11. The van der Waals surface area contributed by atoms with E-state index in [9.17, 15) is 13.6 Å². The van der Waals surface area contributed by atoms with Crippen LogP contribution in [-0.2, 0) is 0 Å². The molecule has 254 valence electrons. The van der Waals surface area contributed by atoms with Crippen molar-refractivity contribution in [1.29, 1.82) is 0 Å². The fourth-order valence-corrected chi connectivity index (χ4v) is 9.43. The van der Waals surface area contributed by atoms with E-state index in [1.54, 1.807) is 6.07 Å². The van der Waals surface area contributed by atoms with E-state index in [1.165, 1.54) is 29.5 Å². The summed E-state index contributed by atoms with van der Waals surface area (Å²) in [7, 11) is 0. The highest BCUT2D eigenvalue weighted by atomic mass is 35.5. The molecule has 12 nitrogen and oxygen atoms in total. The van der Waals surface area contributed by atoms with E-state index in [-0.39, 0.29) is 67.7 Å². The molecule has 2 N–H and O–H groups in total. The molecule has 2 bridgehead atoms. The molecule has 4 atom stereocenters. The molecule has 9 rings (SSSR count). The molecule has 49 heavy (non-hydrogen) atoms. The van der Waals surface area contributed by atoms with Gasteiger partial charge in [0.25, 0.3) is 0 Å². The Morgan fingerprint density at radius 2 is 1.94 bits per heavy atom. The highest BCUT2D eigenvalue weighted by Gasteiger charge is 2.50. The number of halogens is 4. The number of piperazine rings is 1. The van der Waals surface area contributed by atoms with Crippen LogP contribution in [0.1, 0.15) is 32.1 Å². The third-order valence-electron chi connectivity index (χ3n) is 10.5. The molecule has 17 heteroatoms. The zero-order chi connectivity index (χ0) is 33.6. The van der Waals surface area contributed by atoms with Crippen LogP contribution in [0.15, 0.2) is 30.9 Å². The number of carbonyl (C=O) groups excluding carboxylic acids is 1. The van der Waals surface area contributed by atoms with E-state index in [0.717, 1.165) is 43.6 Å². The molecule has 4 fully saturated rings. The first-order valence-corrected chi connectivity index (χ1v) is 17.4. The molecule has 5 aromatic rings. The van der Waals surface area contributed by atoms with Crippen molar-refractivity contribution < 1.29 is 22.7 Å². The SMILES string of the molecule is Nc1nc2c(-c3c(Cl)cc4c(N5CC6CCC(C5)N6C(=O)n5cncn5)nc(OC[C@@]56CCCN5C[C@H](F)C6)nc4c3F)ccc(F)c2s1. The smallest absolute Gasteiger partial charge is 0.346 e. The monoisotopic (exact) mass is 710 g/mol. The molecule has 0 aliphatic carbocycles. The zero-order valence-corrected chi connectivity index (χ0v) is 27.6. The molecule has 4 aliphatic heterocycles. The summed E-state index contributed by atoms with van der Waals surface area (Å²) in [6.45, 7) is 2.14. The van der Waals surface area contributed by atoms with Crippen molar-refractivity contribution in [2.45, 2.75) is 55.9 Å². The van der Waals surface area contributed by atoms with Gasteiger partial charge in [-0.2, -0.15) is 19.7 Å². The maximum atomic E-state index is 17.0. The molecule has 7 heterocycles. The van der Waals surface area contributed by atoms with E-state index in [1.807, 2.05) is 9.80 Å². The molecule has 2 aromatic carbocycles. The van der Waals surface area contributed by atoms with Gasteiger partial charge in [0, 0.05) is 42.6 Å². The Labute approximate surface area is 286 Å². The predicted octanol–water partition coefficient (Wildman–Crippen LogP) is 5.29. The summed E-state index contributed by atoms with van der Waals surface area (Å²) < 4.78 is 53.9. The molecule has 2 unspecified atom stereocenters. The van der Waals surface area contributed by atoms with Crippen LogP contribution in [-0.4, -0.2) is 102 Å². The Morgan fingerprint density at radius 3 is 2.71 bits per heavy atom. The Hall–Kier alpha value is -4.28. The number of rotatable bonds is 5. The van der Waals surface area contributed by atoms with Crippen molar-refractivity contribution in [1.82, 2.24) is 39.5 Å². The molecule has 4 aliphatic rings. The molecule has 4 saturated heterocycles. The minimum Gasteiger partial charge on any atom is -0.461 e. The van der Waals surface area contributed by atoms with Gasteiger partial charge >= 0.3 is 12.0 Å². The second-order valence-electron chi connectivity index (χ2n) is 13.3. The average Bonchev–Trinajstić information content (AvgIpc) is 3.90. The van der Waals surface area contributed by atoms with Crippen molar-refractivity contribution >= 4 is 61.0 Å². The number of thiazole rings is 1. The molecular weight excluding hydrogens is 681 g/mol. The number of ether oxygens (including phenoxy) is 1. The Kier molecular flexibility index (Phi) is 7.14. The quantitative estimate of drug-likeness (QED) is 0.257. The number of carbonyl (C=O) groups is 1. The topological polar surface area (TPSA) is 131 Å². The lowest BCUT2D eigenvalue weighted by Crippen LogP contribution is -2.57. The number of benzene rings is 2. The number of amides is 1. The number of fused-ring (bicyclic) bond motifs is 5. The van der Waals surface area contributed by atoms with Crippen LogP contribution in [0.5, 0.6) is 6.01 Å². The normalized spacial score (nSPS) is 25.2. The van der Waals surface area contributed by atoms with E-state index < -0.39 is 23.3 Å². The zero-order valence-electron chi connectivity index (χ0n) is 26.0. The van der Waals surface area contributed by atoms with Crippen LogP contribution >= 0.6 is 22.9 Å². The maximum absolute atomic E-state index is 17.0. The Balaban J connectivity index is 1.14. The molecule has 3 aromatic heterocycles. The fraction of sp³-hybridized carbons (Fsp3) is 0.438. The first-order valence-electron chi connectivity index (χ1n) is 16.2. The Morgan fingerprint density at radius 1 is 1.12 bits per heavy atom. The van der Waals surface area contributed by atoms with Gasteiger partial charge in [-0.25, -0.2) is 27.9 Å². The van der Waals surface area contributed by atoms with Gasteiger partial charge in [0.05, 0.1) is 32.9 Å². The molecule has 0 radical (unpaired) electrons. The Bertz CT molecular complexity index is 2120. The number of anilines is 2. The lowest BCUT2D eigenvalue weighted by atomic mass is 9.95. The summed E-state index contributed by atoms with van der Waals surface area (Å²) in [5.41, 5.74) is 5.88.